The zero-order valence-electron chi connectivity index (χ0n) is 10.0. The minimum atomic E-state index is -7.11. The third-order valence-electron chi connectivity index (χ3n) is 2.55. The maximum atomic E-state index is 13.4. The van der Waals surface area contributed by atoms with Crippen LogP contribution in [0.3, 0.4) is 0 Å². The smallest absolute Gasteiger partial charge is 0.460 e. The maximum Gasteiger partial charge on any atom is 0.460 e. The Bertz CT molecular complexity index is 662. The summed E-state index contributed by atoms with van der Waals surface area (Å²) in [6.07, 6.45) is -7.04. The van der Waals surface area contributed by atoms with Gasteiger partial charge in [0.15, 0.2) is 23.3 Å². The fourth-order valence-corrected chi connectivity index (χ4v) is 1.46. The number of carbonyl (C=O) groups is 1. The van der Waals surface area contributed by atoms with Crippen molar-refractivity contribution in [2.75, 3.05) is 0 Å². The van der Waals surface area contributed by atoms with E-state index in [1.165, 1.54) is 0 Å². The lowest BCUT2D eigenvalue weighted by Crippen LogP contribution is -2.51. The van der Waals surface area contributed by atoms with Crippen molar-refractivity contribution < 1.29 is 58.2 Å². The van der Waals surface area contributed by atoms with Crippen LogP contribution >= 0.6 is 0 Å². The summed E-state index contributed by atoms with van der Waals surface area (Å²) < 4.78 is 140. The number of carboxylic acids is 1. The molecule has 1 N–H and O–H groups in total. The number of carboxylic acid groups (broad SMARTS) is 1. The molecule has 0 aromatic heterocycles. The molecule has 1 aromatic rings. The molecule has 0 fully saturated rings. The number of hydrogen-bond donors (Lipinski definition) is 1. The second-order valence-electron chi connectivity index (χ2n) is 3.96. The van der Waals surface area contributed by atoms with E-state index in [1.54, 1.807) is 0 Å². The average Bonchev–Trinajstić information content (AvgIpc) is 2.37. The average molecular weight is 362 g/mol. The standard InChI is InChI=1S/C10HF11O2/c11-3-1(7(22)23)2(4(12)6(14)5(3)13)8(15,16)9(17,18)10(19,20)21/h(H,22,23). The molecule has 0 spiro atoms. The van der Waals surface area contributed by atoms with Crippen molar-refractivity contribution in [3.8, 4) is 0 Å². The predicted molar refractivity (Wildman–Crippen MR) is 48.1 cm³/mol. The van der Waals surface area contributed by atoms with E-state index >= 15 is 0 Å². The molecule has 0 radical (unpaired) electrons. The minimum absolute atomic E-state index is 2.89. The Labute approximate surface area is 118 Å². The van der Waals surface area contributed by atoms with Crippen LogP contribution in [0.1, 0.15) is 15.9 Å². The molecular weight excluding hydrogens is 361 g/mol. The highest BCUT2D eigenvalue weighted by Gasteiger charge is 2.75. The van der Waals surface area contributed by atoms with Gasteiger partial charge in [0.1, 0.15) is 5.56 Å². The first-order chi connectivity index (χ1) is 10.1. The van der Waals surface area contributed by atoms with E-state index in [9.17, 15) is 53.1 Å². The molecule has 23 heavy (non-hydrogen) atoms. The maximum absolute atomic E-state index is 13.4. The van der Waals surface area contributed by atoms with Crippen LogP contribution in [0, 0.1) is 23.3 Å². The van der Waals surface area contributed by atoms with E-state index in [4.69, 9.17) is 5.11 Å². The molecule has 0 amide bonds. The van der Waals surface area contributed by atoms with Gasteiger partial charge in [0.25, 0.3) is 0 Å². The van der Waals surface area contributed by atoms with Crippen molar-refractivity contribution in [2.45, 2.75) is 18.0 Å². The van der Waals surface area contributed by atoms with Crippen molar-refractivity contribution in [2.24, 2.45) is 0 Å². The lowest BCUT2D eigenvalue weighted by molar-refractivity contribution is -0.360. The van der Waals surface area contributed by atoms with Crippen LogP contribution < -0.4 is 0 Å². The lowest BCUT2D eigenvalue weighted by atomic mass is 9.94. The van der Waals surface area contributed by atoms with Gasteiger partial charge in [-0.2, -0.15) is 30.7 Å². The summed E-state index contributed by atoms with van der Waals surface area (Å²) in [4.78, 5) is 10.5. The van der Waals surface area contributed by atoms with Gasteiger partial charge in [-0.05, 0) is 0 Å². The van der Waals surface area contributed by atoms with Crippen molar-refractivity contribution >= 4 is 5.97 Å². The van der Waals surface area contributed by atoms with E-state index in [0.29, 0.717) is 0 Å². The molecule has 130 valence electrons. The summed E-state index contributed by atoms with van der Waals surface area (Å²) in [5.74, 6) is -29.5. The molecule has 0 saturated heterocycles. The number of halogens is 11. The molecule has 0 heterocycles. The summed E-state index contributed by atoms with van der Waals surface area (Å²) in [5, 5.41) is 8.36. The van der Waals surface area contributed by atoms with Crippen LogP contribution in [0.5, 0.6) is 0 Å². The van der Waals surface area contributed by atoms with E-state index < -0.39 is 58.4 Å². The van der Waals surface area contributed by atoms with Crippen LogP contribution in [0.25, 0.3) is 0 Å². The molecule has 0 aliphatic rings. The van der Waals surface area contributed by atoms with E-state index in [2.05, 4.69) is 0 Å². The first-order valence-electron chi connectivity index (χ1n) is 5.01. The van der Waals surface area contributed by atoms with E-state index in [-0.39, 0.29) is 0 Å². The molecule has 0 aliphatic heterocycles. The Morgan fingerprint density at radius 1 is 0.739 bits per heavy atom. The lowest BCUT2D eigenvalue weighted by Gasteiger charge is -2.29. The van der Waals surface area contributed by atoms with Gasteiger partial charge < -0.3 is 5.11 Å². The van der Waals surface area contributed by atoms with Gasteiger partial charge in [0.05, 0.1) is 5.56 Å². The number of aromatic carboxylic acids is 1. The third kappa shape index (κ3) is 2.57. The molecule has 2 nitrogen and oxygen atoms in total. The summed E-state index contributed by atoms with van der Waals surface area (Å²) >= 11 is 0. The number of benzene rings is 1. The molecule has 13 heteroatoms. The number of alkyl halides is 7. The van der Waals surface area contributed by atoms with E-state index in [1.807, 2.05) is 0 Å². The van der Waals surface area contributed by atoms with Gasteiger partial charge in [0.2, 0.25) is 0 Å². The summed E-state index contributed by atoms with van der Waals surface area (Å²) in [5.41, 5.74) is -6.36. The molecule has 0 atom stereocenters. The van der Waals surface area contributed by atoms with Gasteiger partial charge in [-0.15, -0.1) is 0 Å². The quantitative estimate of drug-likeness (QED) is 0.497. The van der Waals surface area contributed by atoms with Gasteiger partial charge in [-0.1, -0.05) is 0 Å². The first kappa shape index (κ1) is 19.0. The fraction of sp³-hybridized carbons (Fsp3) is 0.300. The zero-order valence-corrected chi connectivity index (χ0v) is 10.0. The predicted octanol–water partition coefficient (Wildman–Crippen LogP) is 4.23. The monoisotopic (exact) mass is 362 g/mol. The molecule has 0 bridgehead atoms. The van der Waals surface area contributed by atoms with Crippen LogP contribution in [0.15, 0.2) is 0 Å². The topological polar surface area (TPSA) is 37.3 Å². The van der Waals surface area contributed by atoms with Gasteiger partial charge in [0, 0.05) is 0 Å². The van der Waals surface area contributed by atoms with Crippen molar-refractivity contribution in [3.63, 3.8) is 0 Å². The second kappa shape index (κ2) is 5.23. The van der Waals surface area contributed by atoms with Crippen molar-refractivity contribution in [3.05, 3.63) is 34.4 Å². The highest BCUT2D eigenvalue weighted by Crippen LogP contribution is 2.53. The number of rotatable bonds is 3. The van der Waals surface area contributed by atoms with Gasteiger partial charge >= 0.3 is 24.0 Å². The molecule has 0 saturated carbocycles. The van der Waals surface area contributed by atoms with Crippen LogP contribution in [0.4, 0.5) is 48.3 Å². The van der Waals surface area contributed by atoms with Gasteiger partial charge in [-0.25, -0.2) is 22.4 Å². The van der Waals surface area contributed by atoms with E-state index in [0.717, 1.165) is 0 Å². The highest BCUT2D eigenvalue weighted by molar-refractivity contribution is 5.90. The van der Waals surface area contributed by atoms with Gasteiger partial charge in [-0.3, -0.25) is 0 Å². The highest BCUT2D eigenvalue weighted by atomic mass is 19.4. The molecule has 0 aliphatic carbocycles. The Hall–Kier alpha value is -2.08. The van der Waals surface area contributed by atoms with Crippen molar-refractivity contribution in [1.82, 2.24) is 0 Å². The number of hydrogen-bond acceptors (Lipinski definition) is 1. The normalized spacial score (nSPS) is 13.3. The van der Waals surface area contributed by atoms with Crippen LogP contribution in [-0.2, 0) is 5.92 Å². The molecule has 1 aromatic carbocycles. The summed E-state index contributed by atoms with van der Waals surface area (Å²) in [7, 11) is 0. The van der Waals surface area contributed by atoms with Crippen LogP contribution in [0.2, 0.25) is 0 Å². The molecular formula is C10HF11O2. The summed E-state index contributed by atoms with van der Waals surface area (Å²) in [6, 6.07) is 0. The Morgan fingerprint density at radius 3 is 1.48 bits per heavy atom. The van der Waals surface area contributed by atoms with Crippen molar-refractivity contribution in [1.29, 1.82) is 0 Å². The molecule has 1 rings (SSSR count). The fourth-order valence-electron chi connectivity index (χ4n) is 1.46. The molecule has 0 unspecified atom stereocenters. The SMILES string of the molecule is O=C(O)c1c(F)c(F)c(F)c(F)c1C(F)(F)C(F)(F)C(F)(F)F. The summed E-state index contributed by atoms with van der Waals surface area (Å²) in [6.45, 7) is 0. The first-order valence-corrected chi connectivity index (χ1v) is 5.01. The minimum Gasteiger partial charge on any atom is -0.478 e. The zero-order chi connectivity index (χ0) is 18.5. The Balaban J connectivity index is 3.96. The largest absolute Gasteiger partial charge is 0.478 e. The van der Waals surface area contributed by atoms with Crippen LogP contribution in [-0.4, -0.2) is 23.2 Å². The second-order valence-corrected chi connectivity index (χ2v) is 3.96. The third-order valence-corrected chi connectivity index (χ3v) is 2.55. The Kier molecular flexibility index (Phi) is 4.31. The Morgan fingerprint density at radius 2 is 1.13 bits per heavy atom.